The molecule has 0 aliphatic carbocycles. The molecule has 22 heavy (non-hydrogen) atoms. The van der Waals surface area contributed by atoms with Crippen LogP contribution in [0, 0.1) is 0 Å². The van der Waals surface area contributed by atoms with Gasteiger partial charge in [-0.05, 0) is 50.3 Å². The van der Waals surface area contributed by atoms with Crippen LogP contribution >= 0.6 is 23.4 Å². The highest BCUT2D eigenvalue weighted by Gasteiger charge is 2.20. The molecule has 1 fully saturated rings. The molecule has 1 saturated heterocycles. The van der Waals surface area contributed by atoms with Crippen molar-refractivity contribution in [1.29, 1.82) is 0 Å². The molecule has 1 unspecified atom stereocenters. The Morgan fingerprint density at radius 2 is 2.27 bits per heavy atom. The minimum atomic E-state index is -0.0778. The third-order valence-corrected chi connectivity index (χ3v) is 5.38. The van der Waals surface area contributed by atoms with Crippen molar-refractivity contribution in [2.75, 3.05) is 25.9 Å². The molecule has 1 aliphatic rings. The molecule has 1 aromatic rings. The van der Waals surface area contributed by atoms with Crippen LogP contribution in [0.4, 0.5) is 0 Å². The summed E-state index contributed by atoms with van der Waals surface area (Å²) in [6.07, 6.45) is 7.07. The standard InChI is InChI=1S/C17H25ClN2OS/c1-3-13-6-4-5-10-20(13)11-9-19-17(21)15-12-14(22-2)7-8-16(15)18/h7-8,12-13H,3-6,9-11H2,1-2H3,(H,19,21). The molecule has 3 nitrogen and oxygen atoms in total. The van der Waals surface area contributed by atoms with Crippen molar-refractivity contribution in [2.24, 2.45) is 0 Å². The van der Waals surface area contributed by atoms with E-state index in [1.807, 2.05) is 18.4 Å². The van der Waals surface area contributed by atoms with Gasteiger partial charge in [0.15, 0.2) is 0 Å². The number of hydrogen-bond acceptors (Lipinski definition) is 3. The maximum Gasteiger partial charge on any atom is 0.252 e. The molecule has 0 bridgehead atoms. The van der Waals surface area contributed by atoms with Gasteiger partial charge in [-0.3, -0.25) is 9.69 Å². The number of nitrogens with zero attached hydrogens (tertiary/aromatic N) is 1. The van der Waals surface area contributed by atoms with Crippen molar-refractivity contribution in [2.45, 2.75) is 43.5 Å². The zero-order chi connectivity index (χ0) is 15.9. The molecule has 1 heterocycles. The maximum atomic E-state index is 12.3. The molecule has 0 aromatic heterocycles. The summed E-state index contributed by atoms with van der Waals surface area (Å²) in [5, 5.41) is 3.52. The Balaban J connectivity index is 1.87. The van der Waals surface area contributed by atoms with Crippen LogP contribution in [0.5, 0.6) is 0 Å². The second kappa shape index (κ2) is 8.80. The fourth-order valence-electron chi connectivity index (χ4n) is 3.03. The topological polar surface area (TPSA) is 32.3 Å². The average Bonchev–Trinajstić information content (AvgIpc) is 2.55. The molecule has 122 valence electrons. The Bertz CT molecular complexity index is 509. The number of halogens is 1. The normalized spacial score (nSPS) is 19.1. The lowest BCUT2D eigenvalue weighted by molar-refractivity contribution is 0.0934. The van der Waals surface area contributed by atoms with Crippen LogP contribution in [0.3, 0.4) is 0 Å². The van der Waals surface area contributed by atoms with Crippen LogP contribution in [0.25, 0.3) is 0 Å². The van der Waals surface area contributed by atoms with E-state index < -0.39 is 0 Å². The fraction of sp³-hybridized carbons (Fsp3) is 0.588. The first-order valence-corrected chi connectivity index (χ1v) is 9.61. The van der Waals surface area contributed by atoms with Gasteiger partial charge in [-0.25, -0.2) is 0 Å². The van der Waals surface area contributed by atoms with E-state index in [1.54, 1.807) is 17.8 Å². The molecule has 0 spiro atoms. The number of thioether (sulfide) groups is 1. The van der Waals surface area contributed by atoms with Gasteiger partial charge in [0.25, 0.3) is 5.91 Å². The van der Waals surface area contributed by atoms with Crippen molar-refractivity contribution in [1.82, 2.24) is 10.2 Å². The van der Waals surface area contributed by atoms with Crippen molar-refractivity contribution < 1.29 is 4.79 Å². The predicted molar refractivity (Wildman–Crippen MR) is 95.1 cm³/mol. The van der Waals surface area contributed by atoms with Crippen molar-refractivity contribution in [3.8, 4) is 0 Å². The van der Waals surface area contributed by atoms with Gasteiger partial charge in [-0.15, -0.1) is 11.8 Å². The van der Waals surface area contributed by atoms with Gasteiger partial charge < -0.3 is 5.32 Å². The highest BCUT2D eigenvalue weighted by molar-refractivity contribution is 7.98. The largest absolute Gasteiger partial charge is 0.351 e. The molecule has 0 radical (unpaired) electrons. The minimum absolute atomic E-state index is 0.0778. The monoisotopic (exact) mass is 340 g/mol. The van der Waals surface area contributed by atoms with Gasteiger partial charge in [-0.2, -0.15) is 0 Å². The first-order chi connectivity index (χ1) is 10.7. The van der Waals surface area contributed by atoms with Gasteiger partial charge in [0.1, 0.15) is 0 Å². The van der Waals surface area contributed by atoms with Crippen LogP contribution in [0.1, 0.15) is 43.0 Å². The number of rotatable bonds is 6. The smallest absolute Gasteiger partial charge is 0.252 e. The Hall–Kier alpha value is -0.710. The highest BCUT2D eigenvalue weighted by Crippen LogP contribution is 2.23. The van der Waals surface area contributed by atoms with Gasteiger partial charge in [0.2, 0.25) is 0 Å². The van der Waals surface area contributed by atoms with Gasteiger partial charge in [0, 0.05) is 24.0 Å². The lowest BCUT2D eigenvalue weighted by Gasteiger charge is -2.35. The number of likely N-dealkylation sites (tertiary alicyclic amines) is 1. The van der Waals surface area contributed by atoms with E-state index in [4.69, 9.17) is 11.6 Å². The van der Waals surface area contributed by atoms with Crippen LogP contribution in [-0.4, -0.2) is 42.7 Å². The first-order valence-electron chi connectivity index (χ1n) is 8.01. The third-order valence-electron chi connectivity index (χ3n) is 4.32. The zero-order valence-corrected chi connectivity index (χ0v) is 15.0. The van der Waals surface area contributed by atoms with Crippen LogP contribution < -0.4 is 5.32 Å². The van der Waals surface area contributed by atoms with E-state index in [1.165, 1.54) is 25.7 Å². The Morgan fingerprint density at radius 3 is 3.00 bits per heavy atom. The second-order valence-electron chi connectivity index (χ2n) is 5.70. The van der Waals surface area contributed by atoms with Gasteiger partial charge >= 0.3 is 0 Å². The summed E-state index contributed by atoms with van der Waals surface area (Å²) in [6.45, 7) is 4.99. The number of nitrogens with one attached hydrogen (secondary N) is 1. The van der Waals surface area contributed by atoms with Crippen LogP contribution in [-0.2, 0) is 0 Å². The molecule has 1 aromatic carbocycles. The number of benzene rings is 1. The van der Waals surface area contributed by atoms with Crippen LogP contribution in [0.15, 0.2) is 23.1 Å². The molecule has 1 aliphatic heterocycles. The quantitative estimate of drug-likeness (QED) is 0.793. The average molecular weight is 341 g/mol. The fourth-order valence-corrected chi connectivity index (χ4v) is 3.67. The number of hydrogen-bond donors (Lipinski definition) is 1. The summed E-state index contributed by atoms with van der Waals surface area (Å²) >= 11 is 7.75. The Kier molecular flexibility index (Phi) is 7.06. The molecule has 1 atom stereocenters. The van der Waals surface area contributed by atoms with Crippen LogP contribution in [0.2, 0.25) is 5.02 Å². The number of carbonyl (C=O) groups excluding carboxylic acids is 1. The lowest BCUT2D eigenvalue weighted by Crippen LogP contribution is -2.43. The third kappa shape index (κ3) is 4.64. The van der Waals surface area contributed by atoms with E-state index in [0.717, 1.165) is 18.0 Å². The molecule has 2 rings (SSSR count). The van der Waals surface area contributed by atoms with Gasteiger partial charge in [-0.1, -0.05) is 24.9 Å². The molecular formula is C17H25ClN2OS. The maximum absolute atomic E-state index is 12.3. The Labute approximate surface area is 142 Å². The van der Waals surface area contributed by atoms with Crippen molar-refractivity contribution >= 4 is 29.3 Å². The van der Waals surface area contributed by atoms with E-state index in [2.05, 4.69) is 17.1 Å². The predicted octanol–water partition coefficient (Wildman–Crippen LogP) is 4.06. The van der Waals surface area contributed by atoms with Crippen molar-refractivity contribution in [3.63, 3.8) is 0 Å². The Morgan fingerprint density at radius 1 is 1.45 bits per heavy atom. The molecule has 0 saturated carbocycles. The molecule has 1 N–H and O–H groups in total. The molecule has 5 heteroatoms. The van der Waals surface area contributed by atoms with E-state index >= 15 is 0 Å². The molecular weight excluding hydrogens is 316 g/mol. The van der Waals surface area contributed by atoms with E-state index in [0.29, 0.717) is 23.2 Å². The second-order valence-corrected chi connectivity index (χ2v) is 6.98. The summed E-state index contributed by atoms with van der Waals surface area (Å²) in [6, 6.07) is 6.26. The van der Waals surface area contributed by atoms with Gasteiger partial charge in [0.05, 0.1) is 10.6 Å². The highest BCUT2D eigenvalue weighted by atomic mass is 35.5. The first kappa shape index (κ1) is 17.6. The SMILES string of the molecule is CCC1CCCCN1CCNC(=O)c1cc(SC)ccc1Cl. The number of piperidine rings is 1. The summed E-state index contributed by atoms with van der Waals surface area (Å²) in [5.74, 6) is -0.0778. The summed E-state index contributed by atoms with van der Waals surface area (Å²) in [7, 11) is 0. The summed E-state index contributed by atoms with van der Waals surface area (Å²) < 4.78 is 0. The zero-order valence-electron chi connectivity index (χ0n) is 13.4. The summed E-state index contributed by atoms with van der Waals surface area (Å²) in [5.41, 5.74) is 0.569. The van der Waals surface area contributed by atoms with E-state index in [-0.39, 0.29) is 5.91 Å². The summed E-state index contributed by atoms with van der Waals surface area (Å²) in [4.78, 5) is 15.9. The number of amides is 1. The van der Waals surface area contributed by atoms with Crippen molar-refractivity contribution in [3.05, 3.63) is 28.8 Å². The lowest BCUT2D eigenvalue weighted by atomic mass is 10.0. The van der Waals surface area contributed by atoms with E-state index in [9.17, 15) is 4.79 Å². The minimum Gasteiger partial charge on any atom is -0.351 e. The number of carbonyl (C=O) groups is 1. The molecule has 1 amide bonds.